The van der Waals surface area contributed by atoms with Crippen molar-refractivity contribution in [2.45, 2.75) is 20.4 Å². The van der Waals surface area contributed by atoms with Gasteiger partial charge in [0.15, 0.2) is 5.78 Å². The summed E-state index contributed by atoms with van der Waals surface area (Å²) in [6, 6.07) is 22.8. The Morgan fingerprint density at radius 2 is 1.58 bits per heavy atom. The van der Waals surface area contributed by atoms with Gasteiger partial charge in [-0.1, -0.05) is 77.9 Å². The molecule has 1 aromatic heterocycles. The summed E-state index contributed by atoms with van der Waals surface area (Å²) < 4.78 is 26.5. The molecule has 0 spiro atoms. The van der Waals surface area contributed by atoms with E-state index in [9.17, 15) is 13.2 Å². The van der Waals surface area contributed by atoms with Gasteiger partial charge in [-0.3, -0.25) is 9.10 Å². The van der Waals surface area contributed by atoms with E-state index in [0.29, 0.717) is 16.9 Å². The van der Waals surface area contributed by atoms with Gasteiger partial charge in [-0.05, 0) is 43.2 Å². The molecule has 168 valence electrons. The molecule has 0 fully saturated rings. The SMILES string of the molecule is Cc1ccc(/C=C/C(=O)c2cccc3cc(N(Cc4ccc(C)cc4)S(C)(=O)=O)[nH]c23)cc1. The summed E-state index contributed by atoms with van der Waals surface area (Å²) in [5.74, 6) is 0.273. The van der Waals surface area contributed by atoms with Crippen molar-refractivity contribution in [2.75, 3.05) is 10.6 Å². The topological polar surface area (TPSA) is 70.2 Å². The van der Waals surface area contributed by atoms with Crippen LogP contribution in [0.5, 0.6) is 0 Å². The molecule has 0 saturated heterocycles. The van der Waals surface area contributed by atoms with Crippen molar-refractivity contribution in [3.8, 4) is 0 Å². The van der Waals surface area contributed by atoms with Gasteiger partial charge >= 0.3 is 0 Å². The van der Waals surface area contributed by atoms with Crippen LogP contribution in [0.1, 0.15) is 32.6 Å². The van der Waals surface area contributed by atoms with Crippen LogP contribution >= 0.6 is 0 Å². The van der Waals surface area contributed by atoms with Gasteiger partial charge in [-0.2, -0.15) is 0 Å². The third-order valence-electron chi connectivity index (χ3n) is 5.53. The highest BCUT2D eigenvalue weighted by atomic mass is 32.2. The number of para-hydroxylation sites is 1. The molecule has 0 aliphatic carbocycles. The predicted octanol–water partition coefficient (Wildman–Crippen LogP) is 5.65. The lowest BCUT2D eigenvalue weighted by molar-refractivity contribution is 0.104. The summed E-state index contributed by atoms with van der Waals surface area (Å²) in [7, 11) is -3.55. The Kier molecular flexibility index (Phi) is 6.20. The predicted molar refractivity (Wildman–Crippen MR) is 135 cm³/mol. The van der Waals surface area contributed by atoms with E-state index in [-0.39, 0.29) is 12.3 Å². The lowest BCUT2D eigenvalue weighted by Gasteiger charge is -2.21. The van der Waals surface area contributed by atoms with Crippen molar-refractivity contribution >= 4 is 38.6 Å². The summed E-state index contributed by atoms with van der Waals surface area (Å²) in [5, 5.41) is 0.775. The highest BCUT2D eigenvalue weighted by Gasteiger charge is 2.21. The minimum absolute atomic E-state index is 0.154. The van der Waals surface area contributed by atoms with E-state index < -0.39 is 10.0 Å². The van der Waals surface area contributed by atoms with Crippen molar-refractivity contribution < 1.29 is 13.2 Å². The molecule has 6 heteroatoms. The highest BCUT2D eigenvalue weighted by molar-refractivity contribution is 7.92. The number of hydrogen-bond acceptors (Lipinski definition) is 3. The number of ketones is 1. The maximum atomic E-state index is 13.0. The normalized spacial score (nSPS) is 11.8. The molecule has 0 amide bonds. The van der Waals surface area contributed by atoms with Crippen LogP contribution in [0.15, 0.2) is 78.9 Å². The van der Waals surface area contributed by atoms with Crippen LogP contribution in [0, 0.1) is 13.8 Å². The quantitative estimate of drug-likeness (QED) is 0.287. The summed E-state index contributed by atoms with van der Waals surface area (Å²) in [5.41, 5.74) is 5.19. The second kappa shape index (κ2) is 9.08. The molecule has 4 rings (SSSR count). The van der Waals surface area contributed by atoms with E-state index in [1.807, 2.05) is 68.4 Å². The number of carbonyl (C=O) groups is 1. The van der Waals surface area contributed by atoms with Gasteiger partial charge in [0.25, 0.3) is 0 Å². The first-order chi connectivity index (χ1) is 15.7. The number of rotatable bonds is 7. The maximum absolute atomic E-state index is 13.0. The van der Waals surface area contributed by atoms with Crippen LogP contribution in [-0.2, 0) is 16.6 Å². The fraction of sp³-hybridized carbons (Fsp3) is 0.148. The number of anilines is 1. The number of allylic oxidation sites excluding steroid dienone is 1. The molecule has 0 bridgehead atoms. The molecule has 0 saturated carbocycles. The molecule has 0 unspecified atom stereocenters. The van der Waals surface area contributed by atoms with Crippen LogP contribution < -0.4 is 4.31 Å². The molecule has 33 heavy (non-hydrogen) atoms. The number of benzene rings is 3. The first-order valence-electron chi connectivity index (χ1n) is 10.6. The monoisotopic (exact) mass is 458 g/mol. The molecule has 1 N–H and O–H groups in total. The Morgan fingerprint density at radius 3 is 2.21 bits per heavy atom. The number of aryl methyl sites for hydroxylation is 2. The van der Waals surface area contributed by atoms with E-state index in [1.54, 1.807) is 30.4 Å². The fourth-order valence-corrected chi connectivity index (χ4v) is 4.50. The Morgan fingerprint density at radius 1 is 0.939 bits per heavy atom. The van der Waals surface area contributed by atoms with Gasteiger partial charge in [-0.15, -0.1) is 0 Å². The number of nitrogens with zero attached hydrogens (tertiary/aromatic N) is 1. The maximum Gasteiger partial charge on any atom is 0.233 e. The lowest BCUT2D eigenvalue weighted by atomic mass is 10.1. The number of sulfonamides is 1. The van der Waals surface area contributed by atoms with E-state index in [1.165, 1.54) is 10.6 Å². The van der Waals surface area contributed by atoms with Crippen molar-refractivity contribution in [2.24, 2.45) is 0 Å². The van der Waals surface area contributed by atoms with Crippen molar-refractivity contribution in [3.05, 3.63) is 107 Å². The van der Waals surface area contributed by atoms with Crippen LogP contribution in [0.2, 0.25) is 0 Å². The second-order valence-electron chi connectivity index (χ2n) is 8.29. The average Bonchev–Trinajstić information content (AvgIpc) is 3.21. The van der Waals surface area contributed by atoms with Crippen molar-refractivity contribution in [1.82, 2.24) is 4.98 Å². The Hall–Kier alpha value is -3.64. The van der Waals surface area contributed by atoms with Gasteiger partial charge in [-0.25, -0.2) is 8.42 Å². The summed E-state index contributed by atoms with van der Waals surface area (Å²) >= 11 is 0. The number of H-pyrrole nitrogens is 1. The molecule has 3 aromatic carbocycles. The van der Waals surface area contributed by atoms with Gasteiger partial charge in [0.2, 0.25) is 10.0 Å². The third-order valence-corrected chi connectivity index (χ3v) is 6.65. The molecule has 4 aromatic rings. The number of aromatic nitrogens is 1. The number of aromatic amines is 1. The molecule has 1 heterocycles. The van der Waals surface area contributed by atoms with Crippen LogP contribution in [0.3, 0.4) is 0 Å². The smallest absolute Gasteiger partial charge is 0.233 e. The number of hydrogen-bond donors (Lipinski definition) is 1. The van der Waals surface area contributed by atoms with Crippen LogP contribution in [0.4, 0.5) is 5.82 Å². The van der Waals surface area contributed by atoms with E-state index in [4.69, 9.17) is 0 Å². The Labute approximate surface area is 194 Å². The number of carbonyl (C=O) groups excluding carboxylic acids is 1. The van der Waals surface area contributed by atoms with Gasteiger partial charge in [0.1, 0.15) is 5.82 Å². The first-order valence-corrected chi connectivity index (χ1v) is 12.5. The van der Waals surface area contributed by atoms with E-state index in [2.05, 4.69) is 4.98 Å². The van der Waals surface area contributed by atoms with Crippen LogP contribution in [-0.4, -0.2) is 25.4 Å². The number of nitrogens with one attached hydrogen (secondary N) is 1. The largest absolute Gasteiger partial charge is 0.340 e. The van der Waals surface area contributed by atoms with E-state index >= 15 is 0 Å². The summed E-state index contributed by atoms with van der Waals surface area (Å²) in [6.45, 7) is 4.20. The van der Waals surface area contributed by atoms with Gasteiger partial charge in [0.05, 0.1) is 18.3 Å². The lowest BCUT2D eigenvalue weighted by Crippen LogP contribution is -2.29. The Balaban J connectivity index is 1.68. The van der Waals surface area contributed by atoms with Gasteiger partial charge < -0.3 is 4.98 Å². The van der Waals surface area contributed by atoms with E-state index in [0.717, 1.165) is 27.6 Å². The minimum Gasteiger partial charge on any atom is -0.340 e. The first kappa shape index (κ1) is 22.6. The Bertz CT molecular complexity index is 1430. The van der Waals surface area contributed by atoms with Gasteiger partial charge in [0, 0.05) is 10.9 Å². The molecule has 0 atom stereocenters. The molecule has 0 aliphatic heterocycles. The summed E-state index contributed by atoms with van der Waals surface area (Å²) in [6.07, 6.45) is 4.51. The number of fused-ring (bicyclic) bond motifs is 1. The second-order valence-corrected chi connectivity index (χ2v) is 10.2. The fourth-order valence-electron chi connectivity index (χ4n) is 3.66. The molecular weight excluding hydrogens is 432 g/mol. The van der Waals surface area contributed by atoms with Crippen molar-refractivity contribution in [3.63, 3.8) is 0 Å². The molecule has 5 nitrogen and oxygen atoms in total. The van der Waals surface area contributed by atoms with Crippen LogP contribution in [0.25, 0.3) is 17.0 Å². The highest BCUT2D eigenvalue weighted by Crippen LogP contribution is 2.28. The zero-order chi connectivity index (χ0) is 23.6. The third kappa shape index (κ3) is 5.23. The summed E-state index contributed by atoms with van der Waals surface area (Å²) in [4.78, 5) is 16.1. The zero-order valence-corrected chi connectivity index (χ0v) is 19.7. The molecule has 0 aliphatic rings. The van der Waals surface area contributed by atoms with Crippen molar-refractivity contribution in [1.29, 1.82) is 0 Å². The minimum atomic E-state index is -3.55. The molecule has 0 radical (unpaired) electrons. The average molecular weight is 459 g/mol. The zero-order valence-electron chi connectivity index (χ0n) is 18.9. The molecular formula is C27H26N2O3S. The standard InChI is InChI=1S/C27H26N2O3S/c1-19-7-11-21(12-8-19)15-16-25(30)24-6-4-5-23-17-26(28-27(23)24)29(33(3,31)32)18-22-13-9-20(2)10-14-22/h4-17,28H,18H2,1-3H3/b16-15+.